The fourth-order valence-corrected chi connectivity index (χ4v) is 3.81. The van der Waals surface area contributed by atoms with Gasteiger partial charge < -0.3 is 0 Å². The molecule has 4 rings (SSSR count). The lowest BCUT2D eigenvalue weighted by Crippen LogP contribution is -2.19. The highest BCUT2D eigenvalue weighted by Crippen LogP contribution is 2.35. The van der Waals surface area contributed by atoms with Crippen LogP contribution in [-0.4, -0.2) is 16.6 Å². The van der Waals surface area contributed by atoms with Crippen LogP contribution in [0.1, 0.15) is 26.4 Å². The number of pyridine rings is 1. The number of Topliss-reactive ketones (excluding diaryl/α,β-unsaturated/α-hetero) is 1. The maximum atomic E-state index is 12.9. The van der Waals surface area contributed by atoms with Crippen molar-refractivity contribution >= 4 is 34.2 Å². The van der Waals surface area contributed by atoms with Gasteiger partial charge in [-0.25, -0.2) is 4.98 Å². The molecule has 1 aliphatic rings. The molecule has 0 fully saturated rings. The molecule has 0 spiro atoms. The fraction of sp³-hybridized carbons (Fsp3) is 0.0500. The second kappa shape index (κ2) is 5.73. The van der Waals surface area contributed by atoms with Crippen molar-refractivity contribution < 1.29 is 9.59 Å². The standard InChI is InChI=1S/C20H13NO2S/c1-12-14-9-5-6-10-15(14)21-19-16(22)11-17(20(23)18(12)19)24-13-7-3-2-4-8-13/h2-11H,1H3. The highest BCUT2D eigenvalue weighted by Gasteiger charge is 2.30. The molecule has 3 aromatic rings. The van der Waals surface area contributed by atoms with E-state index in [1.54, 1.807) is 0 Å². The molecule has 0 atom stereocenters. The summed E-state index contributed by atoms with van der Waals surface area (Å²) >= 11 is 1.32. The molecule has 0 radical (unpaired) electrons. The van der Waals surface area contributed by atoms with Crippen molar-refractivity contribution in [2.45, 2.75) is 11.8 Å². The van der Waals surface area contributed by atoms with E-state index in [0.717, 1.165) is 21.4 Å². The van der Waals surface area contributed by atoms with Crippen LogP contribution in [0.5, 0.6) is 0 Å². The van der Waals surface area contributed by atoms with E-state index in [0.29, 0.717) is 10.5 Å². The topological polar surface area (TPSA) is 47.0 Å². The number of ketones is 2. The number of aryl methyl sites for hydroxylation is 1. The molecule has 4 heteroatoms. The molecule has 0 unspecified atom stereocenters. The first-order valence-electron chi connectivity index (χ1n) is 7.58. The Balaban J connectivity index is 1.85. The maximum Gasteiger partial charge on any atom is 0.206 e. The molecule has 2 aromatic carbocycles. The van der Waals surface area contributed by atoms with Gasteiger partial charge in [0.25, 0.3) is 0 Å². The van der Waals surface area contributed by atoms with Crippen LogP contribution in [0, 0.1) is 6.92 Å². The number of allylic oxidation sites excluding steroid dienone is 2. The van der Waals surface area contributed by atoms with E-state index in [1.807, 2.05) is 61.5 Å². The number of para-hydroxylation sites is 1. The van der Waals surface area contributed by atoms with Crippen molar-refractivity contribution in [3.05, 3.63) is 82.4 Å². The summed E-state index contributed by atoms with van der Waals surface area (Å²) in [6.45, 7) is 1.88. The van der Waals surface area contributed by atoms with E-state index in [4.69, 9.17) is 0 Å². The van der Waals surface area contributed by atoms with Gasteiger partial charge in [-0.1, -0.05) is 48.2 Å². The Kier molecular flexibility index (Phi) is 3.54. The largest absolute Gasteiger partial charge is 0.288 e. The third kappa shape index (κ3) is 2.36. The maximum absolute atomic E-state index is 12.9. The molecule has 1 aromatic heterocycles. The molecule has 1 aliphatic carbocycles. The molecular formula is C20H13NO2S. The van der Waals surface area contributed by atoms with Crippen molar-refractivity contribution in [3.63, 3.8) is 0 Å². The minimum atomic E-state index is -0.211. The number of benzene rings is 2. The molecular weight excluding hydrogens is 318 g/mol. The second-order valence-electron chi connectivity index (χ2n) is 5.59. The number of rotatable bonds is 2. The first-order chi connectivity index (χ1) is 11.6. The fourth-order valence-electron chi connectivity index (χ4n) is 2.90. The van der Waals surface area contributed by atoms with Crippen LogP contribution in [0.3, 0.4) is 0 Å². The van der Waals surface area contributed by atoms with Crippen molar-refractivity contribution in [2.24, 2.45) is 0 Å². The number of aromatic nitrogens is 1. The Morgan fingerprint density at radius 2 is 1.62 bits per heavy atom. The average Bonchev–Trinajstić information content (AvgIpc) is 2.60. The van der Waals surface area contributed by atoms with Gasteiger partial charge in [0.15, 0.2) is 0 Å². The zero-order valence-electron chi connectivity index (χ0n) is 12.9. The summed E-state index contributed by atoms with van der Waals surface area (Å²) in [5, 5.41) is 0.906. The lowest BCUT2D eigenvalue weighted by molar-refractivity contribution is 0.0987. The van der Waals surface area contributed by atoms with Gasteiger partial charge in [0.2, 0.25) is 11.6 Å². The molecule has 0 amide bonds. The van der Waals surface area contributed by atoms with E-state index >= 15 is 0 Å². The van der Waals surface area contributed by atoms with E-state index in [1.165, 1.54) is 17.8 Å². The summed E-state index contributed by atoms with van der Waals surface area (Å²) in [6.07, 6.45) is 1.41. The zero-order chi connectivity index (χ0) is 16.7. The van der Waals surface area contributed by atoms with Crippen molar-refractivity contribution in [1.29, 1.82) is 0 Å². The number of fused-ring (bicyclic) bond motifs is 2. The molecule has 116 valence electrons. The van der Waals surface area contributed by atoms with Crippen LogP contribution in [0.15, 0.2) is 70.5 Å². The molecule has 1 heterocycles. The summed E-state index contributed by atoms with van der Waals surface area (Å²) in [7, 11) is 0. The van der Waals surface area contributed by atoms with Crippen LogP contribution in [0.2, 0.25) is 0 Å². The van der Waals surface area contributed by atoms with E-state index < -0.39 is 0 Å². The van der Waals surface area contributed by atoms with Gasteiger partial charge in [-0.05, 0) is 30.7 Å². The third-order valence-electron chi connectivity index (χ3n) is 4.07. The highest BCUT2D eigenvalue weighted by atomic mass is 32.2. The molecule has 0 bridgehead atoms. The average molecular weight is 331 g/mol. The van der Waals surface area contributed by atoms with E-state index in [9.17, 15) is 9.59 Å². The van der Waals surface area contributed by atoms with Crippen molar-refractivity contribution in [3.8, 4) is 0 Å². The van der Waals surface area contributed by atoms with Crippen molar-refractivity contribution in [2.75, 3.05) is 0 Å². The van der Waals surface area contributed by atoms with Gasteiger partial charge in [-0.3, -0.25) is 9.59 Å². The van der Waals surface area contributed by atoms with Gasteiger partial charge >= 0.3 is 0 Å². The van der Waals surface area contributed by atoms with Crippen LogP contribution in [0.25, 0.3) is 10.9 Å². The summed E-state index contributed by atoms with van der Waals surface area (Å²) in [6, 6.07) is 17.2. The number of nitrogens with zero attached hydrogens (tertiary/aromatic N) is 1. The monoisotopic (exact) mass is 331 g/mol. The van der Waals surface area contributed by atoms with Gasteiger partial charge in [-0.15, -0.1) is 0 Å². The first-order valence-corrected chi connectivity index (χ1v) is 8.40. The van der Waals surface area contributed by atoms with Gasteiger partial charge in [0.1, 0.15) is 5.69 Å². The molecule has 0 aliphatic heterocycles. The van der Waals surface area contributed by atoms with Crippen LogP contribution < -0.4 is 0 Å². The van der Waals surface area contributed by atoms with Gasteiger partial charge in [0, 0.05) is 16.4 Å². The lowest BCUT2D eigenvalue weighted by Gasteiger charge is -2.17. The van der Waals surface area contributed by atoms with Crippen LogP contribution >= 0.6 is 11.8 Å². The molecule has 0 saturated heterocycles. The zero-order valence-corrected chi connectivity index (χ0v) is 13.8. The minimum Gasteiger partial charge on any atom is -0.288 e. The summed E-state index contributed by atoms with van der Waals surface area (Å²) in [4.78, 5) is 31.3. The molecule has 0 saturated carbocycles. The normalized spacial score (nSPS) is 13.8. The SMILES string of the molecule is Cc1c2c(nc3ccccc13)C(=O)C=C(Sc1ccccc1)C2=O. The Morgan fingerprint density at radius 3 is 2.42 bits per heavy atom. The number of hydrogen-bond donors (Lipinski definition) is 0. The third-order valence-corrected chi connectivity index (χ3v) is 5.10. The Morgan fingerprint density at radius 1 is 0.917 bits per heavy atom. The Hall–Kier alpha value is -2.72. The minimum absolute atomic E-state index is 0.130. The molecule has 24 heavy (non-hydrogen) atoms. The van der Waals surface area contributed by atoms with E-state index in [-0.39, 0.29) is 17.3 Å². The smallest absolute Gasteiger partial charge is 0.206 e. The summed E-state index contributed by atoms with van der Waals surface area (Å²) < 4.78 is 0. The summed E-state index contributed by atoms with van der Waals surface area (Å²) in [5.74, 6) is -0.342. The van der Waals surface area contributed by atoms with Crippen molar-refractivity contribution in [1.82, 2.24) is 4.98 Å². The number of hydrogen-bond acceptors (Lipinski definition) is 4. The number of carbonyl (C=O) groups is 2. The van der Waals surface area contributed by atoms with Gasteiger partial charge in [0.05, 0.1) is 16.0 Å². The Bertz CT molecular complexity index is 1020. The molecule has 3 nitrogen and oxygen atoms in total. The van der Waals surface area contributed by atoms with Gasteiger partial charge in [-0.2, -0.15) is 0 Å². The van der Waals surface area contributed by atoms with E-state index in [2.05, 4.69) is 4.98 Å². The highest BCUT2D eigenvalue weighted by molar-refractivity contribution is 8.04. The quantitative estimate of drug-likeness (QED) is 0.688. The predicted molar refractivity (Wildman–Crippen MR) is 95.5 cm³/mol. The van der Waals surface area contributed by atoms with Crippen LogP contribution in [0.4, 0.5) is 0 Å². The summed E-state index contributed by atoms with van der Waals surface area (Å²) in [5.41, 5.74) is 2.24. The first kappa shape index (κ1) is 14.8. The predicted octanol–water partition coefficient (Wildman–Crippen LogP) is 4.60. The second-order valence-corrected chi connectivity index (χ2v) is 6.71. The lowest BCUT2D eigenvalue weighted by atomic mass is 9.93. The molecule has 0 N–H and O–H groups in total. The number of thioether (sulfide) groups is 1. The van der Waals surface area contributed by atoms with Crippen LogP contribution in [-0.2, 0) is 0 Å². The Labute approximate surface area is 143 Å². The number of carbonyl (C=O) groups excluding carboxylic acids is 2.